The van der Waals surface area contributed by atoms with Crippen molar-refractivity contribution in [3.8, 4) is 11.3 Å². The minimum Gasteiger partial charge on any atom is -0.366 e. The fourth-order valence-electron chi connectivity index (χ4n) is 2.39. The number of nitrogens with one attached hydrogen (secondary N) is 2. The van der Waals surface area contributed by atoms with Crippen molar-refractivity contribution < 1.29 is 0 Å². The molecule has 0 aliphatic carbocycles. The van der Waals surface area contributed by atoms with Crippen LogP contribution in [0.5, 0.6) is 0 Å². The largest absolute Gasteiger partial charge is 0.366 e. The van der Waals surface area contributed by atoms with E-state index in [1.807, 2.05) is 30.3 Å². The Balaban J connectivity index is 1.87. The molecule has 0 amide bonds. The summed E-state index contributed by atoms with van der Waals surface area (Å²) in [6.07, 6.45) is 3.53. The number of anilines is 2. The van der Waals surface area contributed by atoms with Crippen molar-refractivity contribution in [3.63, 3.8) is 0 Å². The zero-order chi connectivity index (χ0) is 18.6. The van der Waals surface area contributed by atoms with Gasteiger partial charge in [0.25, 0.3) is 0 Å². The van der Waals surface area contributed by atoms with E-state index in [4.69, 9.17) is 0 Å². The fourth-order valence-corrected chi connectivity index (χ4v) is 2.66. The molecule has 0 bridgehead atoms. The molecule has 0 unspecified atom stereocenters. The Kier molecular flexibility index (Phi) is 5.52. The van der Waals surface area contributed by atoms with Gasteiger partial charge in [-0.15, -0.1) is 0 Å². The first-order chi connectivity index (χ1) is 12.4. The lowest BCUT2D eigenvalue weighted by Crippen LogP contribution is -2.27. The van der Waals surface area contributed by atoms with Crippen molar-refractivity contribution in [1.82, 2.24) is 15.0 Å². The molecular weight excluding hydrogens is 390 g/mol. The lowest BCUT2D eigenvalue weighted by Gasteiger charge is -2.21. The van der Waals surface area contributed by atoms with Gasteiger partial charge >= 0.3 is 0 Å². The van der Waals surface area contributed by atoms with Crippen LogP contribution in [0, 0.1) is 0 Å². The normalized spacial score (nSPS) is 11.2. The number of aromatic nitrogens is 3. The van der Waals surface area contributed by atoms with Gasteiger partial charge < -0.3 is 10.6 Å². The lowest BCUT2D eigenvalue weighted by molar-refractivity contribution is 0.626. The Morgan fingerprint density at radius 3 is 2.31 bits per heavy atom. The van der Waals surface area contributed by atoms with Gasteiger partial charge in [-0.25, -0.2) is 4.98 Å². The molecule has 0 saturated carbocycles. The van der Waals surface area contributed by atoms with Crippen molar-refractivity contribution in [2.24, 2.45) is 0 Å². The van der Waals surface area contributed by atoms with Crippen LogP contribution in [0.4, 0.5) is 11.8 Å². The van der Waals surface area contributed by atoms with Gasteiger partial charge in [0, 0.05) is 40.6 Å². The van der Waals surface area contributed by atoms with Crippen LogP contribution >= 0.6 is 15.9 Å². The highest BCUT2D eigenvalue weighted by Gasteiger charge is 2.14. The van der Waals surface area contributed by atoms with Crippen LogP contribution in [0.1, 0.15) is 26.3 Å². The van der Waals surface area contributed by atoms with E-state index in [9.17, 15) is 0 Å². The molecule has 134 valence electrons. The van der Waals surface area contributed by atoms with E-state index in [1.165, 1.54) is 5.56 Å². The summed E-state index contributed by atoms with van der Waals surface area (Å²) in [7, 11) is 0. The molecule has 1 aromatic carbocycles. The van der Waals surface area contributed by atoms with E-state index in [2.05, 4.69) is 74.4 Å². The molecule has 0 saturated heterocycles. The Morgan fingerprint density at radius 1 is 0.962 bits per heavy atom. The minimum absolute atomic E-state index is 0.125. The van der Waals surface area contributed by atoms with Crippen LogP contribution in [-0.4, -0.2) is 20.5 Å². The minimum atomic E-state index is -0.125. The summed E-state index contributed by atoms with van der Waals surface area (Å²) in [4.78, 5) is 13.4. The molecule has 6 heteroatoms. The molecule has 0 radical (unpaired) electrons. The Labute approximate surface area is 162 Å². The topological polar surface area (TPSA) is 62.7 Å². The first-order valence-corrected chi connectivity index (χ1v) is 9.24. The third kappa shape index (κ3) is 5.26. The molecule has 0 aliphatic heterocycles. The van der Waals surface area contributed by atoms with Crippen molar-refractivity contribution in [3.05, 3.63) is 64.9 Å². The molecule has 3 rings (SSSR count). The van der Waals surface area contributed by atoms with Gasteiger partial charge in [0.05, 0.1) is 5.69 Å². The Hall–Kier alpha value is -2.47. The summed E-state index contributed by atoms with van der Waals surface area (Å²) < 4.78 is 1.07. The predicted molar refractivity (Wildman–Crippen MR) is 110 cm³/mol. The molecule has 3 aromatic rings. The predicted octanol–water partition coefficient (Wildman–Crippen LogP) is 5.12. The molecule has 0 atom stereocenters. The molecule has 0 spiro atoms. The SMILES string of the molecule is CC(C)(C)Nc1nc(NCc2ccc(Br)cc2)cc(-c2ccncc2)n1. The van der Waals surface area contributed by atoms with Crippen LogP contribution in [0.25, 0.3) is 11.3 Å². The van der Waals surface area contributed by atoms with E-state index in [0.717, 1.165) is 21.5 Å². The van der Waals surface area contributed by atoms with Crippen LogP contribution < -0.4 is 10.6 Å². The molecule has 2 aromatic heterocycles. The molecule has 2 N–H and O–H groups in total. The summed E-state index contributed by atoms with van der Waals surface area (Å²) in [5.41, 5.74) is 2.92. The van der Waals surface area contributed by atoms with Gasteiger partial charge in [-0.1, -0.05) is 28.1 Å². The lowest BCUT2D eigenvalue weighted by atomic mass is 10.1. The van der Waals surface area contributed by atoms with Gasteiger partial charge in [-0.05, 0) is 50.6 Å². The zero-order valence-electron chi connectivity index (χ0n) is 15.1. The van der Waals surface area contributed by atoms with Gasteiger partial charge in [-0.2, -0.15) is 4.98 Å². The van der Waals surface area contributed by atoms with Crippen molar-refractivity contribution >= 4 is 27.7 Å². The quantitative estimate of drug-likeness (QED) is 0.609. The molecule has 2 heterocycles. The average Bonchev–Trinajstić information content (AvgIpc) is 2.60. The number of hydrogen-bond acceptors (Lipinski definition) is 5. The molecule has 0 aliphatic rings. The van der Waals surface area contributed by atoms with Crippen LogP contribution in [0.2, 0.25) is 0 Å². The zero-order valence-corrected chi connectivity index (χ0v) is 16.7. The van der Waals surface area contributed by atoms with E-state index in [1.54, 1.807) is 12.4 Å². The van der Waals surface area contributed by atoms with Crippen molar-refractivity contribution in [2.45, 2.75) is 32.9 Å². The summed E-state index contributed by atoms with van der Waals surface area (Å²) in [6.45, 7) is 6.95. The second-order valence-corrected chi connectivity index (χ2v) is 7.97. The van der Waals surface area contributed by atoms with Crippen molar-refractivity contribution in [1.29, 1.82) is 0 Å². The van der Waals surface area contributed by atoms with E-state index >= 15 is 0 Å². The molecule has 5 nitrogen and oxygen atoms in total. The highest BCUT2D eigenvalue weighted by Crippen LogP contribution is 2.23. The number of pyridine rings is 1. The number of nitrogens with zero attached hydrogens (tertiary/aromatic N) is 3. The maximum atomic E-state index is 4.66. The first-order valence-electron chi connectivity index (χ1n) is 8.45. The molecule has 26 heavy (non-hydrogen) atoms. The maximum Gasteiger partial charge on any atom is 0.225 e. The van der Waals surface area contributed by atoms with Gasteiger partial charge in [0.15, 0.2) is 0 Å². The molecule has 0 fully saturated rings. The van der Waals surface area contributed by atoms with E-state index in [0.29, 0.717) is 12.5 Å². The summed E-state index contributed by atoms with van der Waals surface area (Å²) in [5, 5.41) is 6.75. The van der Waals surface area contributed by atoms with Crippen molar-refractivity contribution in [2.75, 3.05) is 10.6 Å². The third-order valence-electron chi connectivity index (χ3n) is 3.58. The number of hydrogen-bond donors (Lipinski definition) is 2. The fraction of sp³-hybridized carbons (Fsp3) is 0.250. The smallest absolute Gasteiger partial charge is 0.225 e. The number of halogens is 1. The first kappa shape index (κ1) is 18.3. The number of rotatable bonds is 5. The summed E-state index contributed by atoms with van der Waals surface area (Å²) >= 11 is 3.46. The summed E-state index contributed by atoms with van der Waals surface area (Å²) in [6, 6.07) is 14.1. The monoisotopic (exact) mass is 411 g/mol. The van der Waals surface area contributed by atoms with E-state index in [-0.39, 0.29) is 5.54 Å². The second-order valence-electron chi connectivity index (χ2n) is 7.05. The third-order valence-corrected chi connectivity index (χ3v) is 4.10. The highest BCUT2D eigenvalue weighted by atomic mass is 79.9. The van der Waals surface area contributed by atoms with Crippen LogP contribution in [0.3, 0.4) is 0 Å². The summed E-state index contributed by atoms with van der Waals surface area (Å²) in [5.74, 6) is 1.38. The van der Waals surface area contributed by atoms with Crippen LogP contribution in [-0.2, 0) is 6.54 Å². The standard InChI is InChI=1S/C20H22BrN5/c1-20(2,3)26-19-24-17(15-8-10-22-11-9-15)12-18(25-19)23-13-14-4-6-16(21)7-5-14/h4-12H,13H2,1-3H3,(H2,23,24,25,26). The average molecular weight is 412 g/mol. The van der Waals surface area contributed by atoms with Gasteiger partial charge in [0.1, 0.15) is 5.82 Å². The second kappa shape index (κ2) is 7.83. The van der Waals surface area contributed by atoms with Gasteiger partial charge in [-0.3, -0.25) is 4.98 Å². The number of benzene rings is 1. The molecular formula is C20H22BrN5. The Bertz CT molecular complexity index is 858. The Morgan fingerprint density at radius 2 is 1.65 bits per heavy atom. The maximum absolute atomic E-state index is 4.66. The van der Waals surface area contributed by atoms with Crippen LogP contribution in [0.15, 0.2) is 59.3 Å². The van der Waals surface area contributed by atoms with Gasteiger partial charge in [0.2, 0.25) is 5.95 Å². The van der Waals surface area contributed by atoms with E-state index < -0.39 is 0 Å². The highest BCUT2D eigenvalue weighted by molar-refractivity contribution is 9.10.